The quantitative estimate of drug-likeness (QED) is 0.785. The fraction of sp³-hybridized carbons (Fsp3) is 0.385. The van der Waals surface area contributed by atoms with E-state index >= 15 is 0 Å². The number of nitrogens with zero attached hydrogens (tertiary/aromatic N) is 3. The van der Waals surface area contributed by atoms with E-state index in [2.05, 4.69) is 11.9 Å². The Morgan fingerprint density at radius 2 is 2.00 bits per heavy atom. The van der Waals surface area contributed by atoms with E-state index in [-0.39, 0.29) is 5.69 Å². The van der Waals surface area contributed by atoms with Gasteiger partial charge in [0.25, 0.3) is 0 Å². The molecule has 0 aliphatic rings. The average Bonchev–Trinajstić information content (AvgIpc) is 2.70. The largest absolute Gasteiger partial charge is 0.328 e. The lowest BCUT2D eigenvalue weighted by molar-refractivity contribution is 0.600. The number of rotatable bonds is 5. The van der Waals surface area contributed by atoms with Crippen molar-refractivity contribution in [2.75, 3.05) is 0 Å². The summed E-state index contributed by atoms with van der Waals surface area (Å²) in [6.07, 6.45) is 9.13. The van der Waals surface area contributed by atoms with Gasteiger partial charge >= 0.3 is 5.69 Å². The molecule has 0 N–H and O–H groups in total. The van der Waals surface area contributed by atoms with Crippen molar-refractivity contribution in [1.29, 1.82) is 0 Å². The number of aromatic nitrogens is 3. The third-order valence-electron chi connectivity index (χ3n) is 2.75. The summed E-state index contributed by atoms with van der Waals surface area (Å²) in [5, 5.41) is 0. The third-order valence-corrected chi connectivity index (χ3v) is 2.75. The molecule has 0 spiro atoms. The minimum Gasteiger partial charge on any atom is -0.299 e. The van der Waals surface area contributed by atoms with Gasteiger partial charge in [0.15, 0.2) is 0 Å². The Morgan fingerprint density at radius 3 is 2.65 bits per heavy atom. The number of imidazole rings is 1. The van der Waals surface area contributed by atoms with Crippen molar-refractivity contribution in [3.8, 4) is 0 Å². The van der Waals surface area contributed by atoms with Gasteiger partial charge in [0.1, 0.15) is 0 Å². The van der Waals surface area contributed by atoms with Gasteiger partial charge in [-0.15, -0.1) is 0 Å². The van der Waals surface area contributed by atoms with Crippen molar-refractivity contribution in [3.63, 3.8) is 0 Å². The van der Waals surface area contributed by atoms with Gasteiger partial charge in [0.2, 0.25) is 0 Å². The summed E-state index contributed by atoms with van der Waals surface area (Å²) in [4.78, 5) is 16.0. The van der Waals surface area contributed by atoms with Gasteiger partial charge in [-0.05, 0) is 24.5 Å². The molecule has 90 valence electrons. The zero-order valence-corrected chi connectivity index (χ0v) is 10.0. The maximum absolute atomic E-state index is 11.9. The highest BCUT2D eigenvalue weighted by molar-refractivity contribution is 5.08. The molecule has 17 heavy (non-hydrogen) atoms. The van der Waals surface area contributed by atoms with Crippen LogP contribution in [-0.4, -0.2) is 14.1 Å². The molecule has 0 saturated carbocycles. The highest BCUT2D eigenvalue weighted by atomic mass is 16.1. The number of pyridine rings is 1. The van der Waals surface area contributed by atoms with Crippen LogP contribution in [0.1, 0.15) is 18.9 Å². The Hall–Kier alpha value is -1.84. The summed E-state index contributed by atoms with van der Waals surface area (Å²) in [6, 6.07) is 3.95. The second-order valence-electron chi connectivity index (χ2n) is 4.08. The van der Waals surface area contributed by atoms with E-state index in [9.17, 15) is 4.79 Å². The topological polar surface area (TPSA) is 39.8 Å². The maximum atomic E-state index is 11.9. The van der Waals surface area contributed by atoms with Crippen LogP contribution in [0.4, 0.5) is 0 Å². The smallest absolute Gasteiger partial charge is 0.299 e. The van der Waals surface area contributed by atoms with Gasteiger partial charge < -0.3 is 0 Å². The molecule has 0 atom stereocenters. The molecule has 0 aromatic carbocycles. The van der Waals surface area contributed by atoms with Crippen LogP contribution < -0.4 is 5.69 Å². The lowest BCUT2D eigenvalue weighted by Crippen LogP contribution is -2.24. The van der Waals surface area contributed by atoms with Crippen molar-refractivity contribution in [2.24, 2.45) is 0 Å². The second kappa shape index (κ2) is 5.48. The average molecular weight is 231 g/mol. The van der Waals surface area contributed by atoms with Crippen LogP contribution in [0.15, 0.2) is 41.7 Å². The summed E-state index contributed by atoms with van der Waals surface area (Å²) < 4.78 is 3.51. The molecule has 0 aliphatic heterocycles. The van der Waals surface area contributed by atoms with E-state index in [0.29, 0.717) is 6.54 Å². The van der Waals surface area contributed by atoms with Gasteiger partial charge in [-0.3, -0.25) is 14.1 Å². The minimum absolute atomic E-state index is 0.0794. The summed E-state index contributed by atoms with van der Waals surface area (Å²) in [5.74, 6) is 0. The molecule has 4 heteroatoms. The second-order valence-corrected chi connectivity index (χ2v) is 4.08. The molecule has 0 amide bonds. The summed E-state index contributed by atoms with van der Waals surface area (Å²) >= 11 is 0. The Labute approximate surface area is 101 Å². The van der Waals surface area contributed by atoms with Crippen LogP contribution >= 0.6 is 0 Å². The summed E-state index contributed by atoms with van der Waals surface area (Å²) in [6.45, 7) is 3.57. The molecule has 2 aromatic heterocycles. The van der Waals surface area contributed by atoms with Crippen molar-refractivity contribution in [1.82, 2.24) is 14.1 Å². The normalized spacial score (nSPS) is 10.6. The number of hydrogen-bond acceptors (Lipinski definition) is 2. The molecule has 0 bridgehead atoms. The van der Waals surface area contributed by atoms with Crippen LogP contribution in [0.2, 0.25) is 0 Å². The van der Waals surface area contributed by atoms with E-state index < -0.39 is 0 Å². The highest BCUT2D eigenvalue weighted by Crippen LogP contribution is 1.99. The van der Waals surface area contributed by atoms with E-state index in [0.717, 1.165) is 24.9 Å². The maximum Gasteiger partial charge on any atom is 0.328 e. The number of aryl methyl sites for hydroxylation is 3. The molecule has 0 fully saturated rings. The number of hydrogen-bond donors (Lipinski definition) is 0. The molecule has 2 heterocycles. The minimum atomic E-state index is 0.0794. The molecule has 0 radical (unpaired) electrons. The van der Waals surface area contributed by atoms with Crippen LogP contribution in [-0.2, 0) is 19.5 Å². The molecular formula is C13H17N3O. The molecule has 2 aromatic rings. The van der Waals surface area contributed by atoms with E-state index in [1.54, 1.807) is 15.3 Å². The van der Waals surface area contributed by atoms with E-state index in [4.69, 9.17) is 0 Å². The standard InChI is InChI=1S/C13H17N3O/c1-2-7-15-9-10-16(13(15)17)8-5-12-4-3-6-14-11-12/h3-4,6,9-11H,2,5,7-8H2,1H3. The van der Waals surface area contributed by atoms with Gasteiger partial charge in [-0.1, -0.05) is 13.0 Å². The fourth-order valence-electron chi connectivity index (χ4n) is 1.83. The van der Waals surface area contributed by atoms with Crippen molar-refractivity contribution in [2.45, 2.75) is 32.9 Å². The Morgan fingerprint density at radius 1 is 1.24 bits per heavy atom. The molecule has 4 nitrogen and oxygen atoms in total. The van der Waals surface area contributed by atoms with Crippen LogP contribution in [0.25, 0.3) is 0 Å². The Kier molecular flexibility index (Phi) is 3.75. The van der Waals surface area contributed by atoms with Crippen LogP contribution in [0.5, 0.6) is 0 Å². The Balaban J connectivity index is 2.02. The van der Waals surface area contributed by atoms with Crippen molar-refractivity contribution >= 4 is 0 Å². The third kappa shape index (κ3) is 2.84. The van der Waals surface area contributed by atoms with E-state index in [1.807, 2.05) is 30.7 Å². The fourth-order valence-corrected chi connectivity index (χ4v) is 1.83. The SMILES string of the molecule is CCCn1ccn(CCc2cccnc2)c1=O. The first-order valence-electron chi connectivity index (χ1n) is 5.95. The first-order chi connectivity index (χ1) is 8.31. The van der Waals surface area contributed by atoms with Gasteiger partial charge in [-0.25, -0.2) is 4.79 Å². The first-order valence-corrected chi connectivity index (χ1v) is 5.95. The van der Waals surface area contributed by atoms with Crippen LogP contribution in [0.3, 0.4) is 0 Å². The summed E-state index contributed by atoms with van der Waals surface area (Å²) in [7, 11) is 0. The first kappa shape index (κ1) is 11.6. The van der Waals surface area contributed by atoms with Crippen molar-refractivity contribution in [3.05, 3.63) is 53.0 Å². The zero-order valence-electron chi connectivity index (χ0n) is 10.0. The molecule has 2 rings (SSSR count). The van der Waals surface area contributed by atoms with Gasteiger partial charge in [0, 0.05) is 37.9 Å². The molecule has 0 saturated heterocycles. The predicted molar refractivity (Wildman–Crippen MR) is 66.9 cm³/mol. The lowest BCUT2D eigenvalue weighted by Gasteiger charge is -2.01. The van der Waals surface area contributed by atoms with Gasteiger partial charge in [0.05, 0.1) is 0 Å². The highest BCUT2D eigenvalue weighted by Gasteiger charge is 2.02. The Bertz CT molecular complexity index is 513. The predicted octanol–water partition coefficient (Wildman–Crippen LogP) is 1.70. The lowest BCUT2D eigenvalue weighted by atomic mass is 10.2. The molecule has 0 aliphatic carbocycles. The van der Waals surface area contributed by atoms with Gasteiger partial charge in [-0.2, -0.15) is 0 Å². The molecule has 0 unspecified atom stereocenters. The van der Waals surface area contributed by atoms with Crippen LogP contribution in [0, 0.1) is 0 Å². The molecular weight excluding hydrogens is 214 g/mol. The van der Waals surface area contributed by atoms with Crippen molar-refractivity contribution < 1.29 is 0 Å². The monoisotopic (exact) mass is 231 g/mol. The summed E-state index contributed by atoms with van der Waals surface area (Å²) in [5.41, 5.74) is 1.23. The van der Waals surface area contributed by atoms with E-state index in [1.165, 1.54) is 0 Å². The zero-order chi connectivity index (χ0) is 12.1.